The van der Waals surface area contributed by atoms with Crippen LogP contribution >= 0.6 is 0 Å². The third kappa shape index (κ3) is 1.78. The quantitative estimate of drug-likeness (QED) is 0.671. The number of hydrogen-bond donors (Lipinski definition) is 1. The SMILES string of the molecule is COC(=O)C1NCC12CCC(C)(C)CC2. The third-order valence-corrected chi connectivity index (χ3v) is 4.31. The summed E-state index contributed by atoms with van der Waals surface area (Å²) in [5, 5.41) is 3.21. The molecular formula is C12H21NO2. The minimum atomic E-state index is -0.0824. The standard InChI is InChI=1S/C12H21NO2/c1-11(2)4-6-12(7-5-11)8-13-9(12)10(14)15-3/h9,13H,4-8H2,1-3H3. The maximum atomic E-state index is 11.5. The molecule has 3 heteroatoms. The van der Waals surface area contributed by atoms with Gasteiger partial charge in [-0.3, -0.25) is 4.79 Å². The molecule has 2 fully saturated rings. The van der Waals surface area contributed by atoms with E-state index < -0.39 is 0 Å². The van der Waals surface area contributed by atoms with Gasteiger partial charge in [0.05, 0.1) is 7.11 Å². The van der Waals surface area contributed by atoms with Crippen LogP contribution in [-0.2, 0) is 9.53 Å². The fraction of sp³-hybridized carbons (Fsp3) is 0.917. The van der Waals surface area contributed by atoms with Crippen molar-refractivity contribution in [3.63, 3.8) is 0 Å². The van der Waals surface area contributed by atoms with Gasteiger partial charge in [0.25, 0.3) is 0 Å². The number of esters is 1. The van der Waals surface area contributed by atoms with Gasteiger partial charge >= 0.3 is 5.97 Å². The number of hydrogen-bond acceptors (Lipinski definition) is 3. The lowest BCUT2D eigenvalue weighted by Gasteiger charge is -2.54. The molecule has 2 rings (SSSR count). The van der Waals surface area contributed by atoms with Crippen LogP contribution in [0.1, 0.15) is 39.5 Å². The first-order chi connectivity index (χ1) is 6.99. The predicted molar refractivity (Wildman–Crippen MR) is 58.5 cm³/mol. The van der Waals surface area contributed by atoms with Crippen LogP contribution in [0, 0.1) is 10.8 Å². The summed E-state index contributed by atoms with van der Waals surface area (Å²) < 4.78 is 4.83. The predicted octanol–water partition coefficient (Wildman–Crippen LogP) is 1.72. The van der Waals surface area contributed by atoms with Crippen LogP contribution in [0.5, 0.6) is 0 Å². The summed E-state index contributed by atoms with van der Waals surface area (Å²) in [5.41, 5.74) is 0.671. The van der Waals surface area contributed by atoms with E-state index in [1.165, 1.54) is 20.0 Å². The summed E-state index contributed by atoms with van der Waals surface area (Å²) in [5.74, 6) is -0.0824. The minimum Gasteiger partial charge on any atom is -0.468 e. The molecule has 1 aliphatic carbocycles. The normalized spacial score (nSPS) is 32.1. The van der Waals surface area contributed by atoms with Gasteiger partial charge in [0.2, 0.25) is 0 Å². The second-order valence-electron chi connectivity index (χ2n) is 5.86. The summed E-state index contributed by atoms with van der Waals surface area (Å²) in [6.45, 7) is 5.63. The number of rotatable bonds is 1. The van der Waals surface area contributed by atoms with Crippen molar-refractivity contribution in [2.24, 2.45) is 10.8 Å². The van der Waals surface area contributed by atoms with Crippen molar-refractivity contribution in [2.75, 3.05) is 13.7 Å². The van der Waals surface area contributed by atoms with Gasteiger partial charge < -0.3 is 10.1 Å². The van der Waals surface area contributed by atoms with Crippen LogP contribution in [-0.4, -0.2) is 25.7 Å². The Hall–Kier alpha value is -0.570. The number of nitrogens with one attached hydrogen (secondary N) is 1. The van der Waals surface area contributed by atoms with Crippen LogP contribution in [0.25, 0.3) is 0 Å². The molecule has 0 radical (unpaired) electrons. The molecule has 0 aromatic heterocycles. The van der Waals surface area contributed by atoms with Gasteiger partial charge in [0.15, 0.2) is 0 Å². The second kappa shape index (κ2) is 3.48. The lowest BCUT2D eigenvalue weighted by Crippen LogP contribution is -2.67. The maximum absolute atomic E-state index is 11.5. The molecule has 1 aliphatic heterocycles. The summed E-state index contributed by atoms with van der Waals surface area (Å²) in [4.78, 5) is 11.5. The smallest absolute Gasteiger partial charge is 0.323 e. The zero-order valence-corrected chi connectivity index (χ0v) is 9.93. The Kier molecular flexibility index (Phi) is 2.53. The lowest BCUT2D eigenvalue weighted by atomic mass is 9.59. The van der Waals surface area contributed by atoms with E-state index in [-0.39, 0.29) is 17.4 Å². The molecule has 1 atom stereocenters. The summed E-state index contributed by atoms with van der Waals surface area (Å²) in [6.07, 6.45) is 4.77. The van der Waals surface area contributed by atoms with Crippen molar-refractivity contribution >= 4 is 5.97 Å². The Morgan fingerprint density at radius 1 is 1.27 bits per heavy atom. The van der Waals surface area contributed by atoms with Crippen LogP contribution in [0.3, 0.4) is 0 Å². The van der Waals surface area contributed by atoms with Crippen molar-refractivity contribution in [2.45, 2.75) is 45.6 Å². The monoisotopic (exact) mass is 211 g/mol. The van der Waals surface area contributed by atoms with E-state index in [9.17, 15) is 4.79 Å². The topological polar surface area (TPSA) is 38.3 Å². The molecule has 1 unspecified atom stereocenters. The largest absolute Gasteiger partial charge is 0.468 e. The average Bonchev–Trinajstić information content (AvgIpc) is 2.16. The molecule has 1 saturated carbocycles. The van der Waals surface area contributed by atoms with E-state index in [0.29, 0.717) is 5.41 Å². The first-order valence-corrected chi connectivity index (χ1v) is 5.80. The highest BCUT2D eigenvalue weighted by atomic mass is 16.5. The third-order valence-electron chi connectivity index (χ3n) is 4.31. The first-order valence-electron chi connectivity index (χ1n) is 5.80. The van der Waals surface area contributed by atoms with Crippen molar-refractivity contribution < 1.29 is 9.53 Å². The molecule has 1 heterocycles. The van der Waals surface area contributed by atoms with Crippen molar-refractivity contribution in [1.82, 2.24) is 5.32 Å². The molecule has 0 amide bonds. The zero-order chi connectivity index (χ0) is 11.1. The van der Waals surface area contributed by atoms with Gasteiger partial charge in [-0.25, -0.2) is 0 Å². The molecule has 0 bridgehead atoms. The lowest BCUT2D eigenvalue weighted by molar-refractivity contribution is -0.154. The minimum absolute atomic E-state index is 0.0430. The van der Waals surface area contributed by atoms with Gasteiger partial charge in [0.1, 0.15) is 6.04 Å². The highest BCUT2D eigenvalue weighted by molar-refractivity contribution is 5.78. The first kappa shape index (κ1) is 10.9. The van der Waals surface area contributed by atoms with E-state index in [1.54, 1.807) is 0 Å². The zero-order valence-electron chi connectivity index (χ0n) is 9.93. The number of carbonyl (C=O) groups is 1. The molecule has 1 spiro atoms. The fourth-order valence-electron chi connectivity index (χ4n) is 2.83. The highest BCUT2D eigenvalue weighted by Crippen LogP contribution is 2.49. The second-order valence-corrected chi connectivity index (χ2v) is 5.86. The Bertz CT molecular complexity index is 263. The van der Waals surface area contributed by atoms with Crippen molar-refractivity contribution in [1.29, 1.82) is 0 Å². The highest BCUT2D eigenvalue weighted by Gasteiger charge is 2.53. The fourth-order valence-corrected chi connectivity index (χ4v) is 2.83. The molecular weight excluding hydrogens is 190 g/mol. The Morgan fingerprint density at radius 2 is 1.87 bits per heavy atom. The number of carbonyl (C=O) groups excluding carboxylic acids is 1. The Morgan fingerprint density at radius 3 is 2.27 bits per heavy atom. The summed E-state index contributed by atoms with van der Waals surface area (Å²) >= 11 is 0. The molecule has 0 aromatic rings. The van der Waals surface area contributed by atoms with Crippen LogP contribution in [0.15, 0.2) is 0 Å². The molecule has 1 N–H and O–H groups in total. The van der Waals surface area contributed by atoms with Crippen LogP contribution in [0.2, 0.25) is 0 Å². The van der Waals surface area contributed by atoms with E-state index in [4.69, 9.17) is 4.74 Å². The van der Waals surface area contributed by atoms with Gasteiger partial charge in [-0.05, 0) is 31.1 Å². The van der Waals surface area contributed by atoms with Crippen LogP contribution in [0.4, 0.5) is 0 Å². The van der Waals surface area contributed by atoms with E-state index in [2.05, 4.69) is 19.2 Å². The van der Waals surface area contributed by atoms with Gasteiger partial charge in [0, 0.05) is 12.0 Å². The molecule has 2 aliphatic rings. The Labute approximate surface area is 91.6 Å². The number of ether oxygens (including phenoxy) is 1. The number of methoxy groups -OCH3 is 1. The molecule has 15 heavy (non-hydrogen) atoms. The van der Waals surface area contributed by atoms with E-state index in [1.807, 2.05) is 0 Å². The van der Waals surface area contributed by atoms with Crippen molar-refractivity contribution in [3.05, 3.63) is 0 Å². The van der Waals surface area contributed by atoms with Gasteiger partial charge in [-0.1, -0.05) is 13.8 Å². The summed E-state index contributed by atoms with van der Waals surface area (Å²) in [7, 11) is 1.47. The van der Waals surface area contributed by atoms with Gasteiger partial charge in [-0.2, -0.15) is 0 Å². The molecule has 86 valence electrons. The van der Waals surface area contributed by atoms with Gasteiger partial charge in [-0.15, -0.1) is 0 Å². The molecule has 3 nitrogen and oxygen atoms in total. The molecule has 0 aromatic carbocycles. The Balaban J connectivity index is 2.01. The molecule has 1 saturated heterocycles. The van der Waals surface area contributed by atoms with E-state index in [0.717, 1.165) is 19.4 Å². The summed E-state index contributed by atoms with van der Waals surface area (Å²) in [6, 6.07) is -0.0430. The van der Waals surface area contributed by atoms with Crippen molar-refractivity contribution in [3.8, 4) is 0 Å². The average molecular weight is 211 g/mol. The van der Waals surface area contributed by atoms with Crippen LogP contribution < -0.4 is 5.32 Å². The maximum Gasteiger partial charge on any atom is 0.323 e. The van der Waals surface area contributed by atoms with E-state index >= 15 is 0 Å².